The molecule has 3 rings (SSSR count). The first-order valence-electron chi connectivity index (χ1n) is 9.71. The number of benzene rings is 1. The molecular weight excluding hydrogens is 358 g/mol. The van der Waals surface area contributed by atoms with E-state index in [1.54, 1.807) is 6.33 Å². The van der Waals surface area contributed by atoms with E-state index in [0.717, 1.165) is 17.3 Å². The SMILES string of the molecule is CC(C)n1cnnc1SCC(=O)NCc1ccc(CN2CCCCC2)cc1. The first kappa shape index (κ1) is 19.9. The van der Waals surface area contributed by atoms with E-state index in [9.17, 15) is 4.79 Å². The number of aromatic nitrogens is 3. The van der Waals surface area contributed by atoms with Gasteiger partial charge in [0, 0.05) is 19.1 Å². The quantitative estimate of drug-likeness (QED) is 0.705. The molecule has 1 aliphatic rings. The van der Waals surface area contributed by atoms with E-state index in [2.05, 4.69) is 58.5 Å². The van der Waals surface area contributed by atoms with Crippen molar-refractivity contribution in [2.75, 3.05) is 18.8 Å². The van der Waals surface area contributed by atoms with E-state index in [1.807, 2.05) is 4.57 Å². The number of nitrogens with zero attached hydrogens (tertiary/aromatic N) is 4. The Kier molecular flexibility index (Phi) is 7.29. The lowest BCUT2D eigenvalue weighted by Gasteiger charge is -2.26. The topological polar surface area (TPSA) is 63.1 Å². The fourth-order valence-electron chi connectivity index (χ4n) is 3.21. The minimum absolute atomic E-state index is 0.00991. The van der Waals surface area contributed by atoms with Gasteiger partial charge in [0.05, 0.1) is 5.75 Å². The van der Waals surface area contributed by atoms with Crippen molar-refractivity contribution in [3.8, 4) is 0 Å². The van der Waals surface area contributed by atoms with Crippen LogP contribution in [0.3, 0.4) is 0 Å². The predicted octanol–water partition coefficient (Wildman–Crippen LogP) is 3.25. The molecule has 1 aliphatic heterocycles. The minimum Gasteiger partial charge on any atom is -0.351 e. The van der Waals surface area contributed by atoms with Gasteiger partial charge in [-0.15, -0.1) is 10.2 Å². The molecule has 6 nitrogen and oxygen atoms in total. The van der Waals surface area contributed by atoms with E-state index in [4.69, 9.17) is 0 Å². The zero-order valence-corrected chi connectivity index (χ0v) is 17.0. The molecule has 1 aromatic heterocycles. The molecular formula is C20H29N5OS. The lowest BCUT2D eigenvalue weighted by atomic mass is 10.1. The molecule has 7 heteroatoms. The first-order valence-corrected chi connectivity index (χ1v) is 10.7. The molecule has 2 heterocycles. The number of carbonyl (C=O) groups excluding carboxylic acids is 1. The van der Waals surface area contributed by atoms with Crippen LogP contribution in [0.4, 0.5) is 0 Å². The summed E-state index contributed by atoms with van der Waals surface area (Å²) >= 11 is 1.42. The summed E-state index contributed by atoms with van der Waals surface area (Å²) < 4.78 is 1.97. The number of carbonyl (C=O) groups is 1. The highest BCUT2D eigenvalue weighted by molar-refractivity contribution is 7.99. The number of hydrogen-bond donors (Lipinski definition) is 1. The number of nitrogens with one attached hydrogen (secondary N) is 1. The van der Waals surface area contributed by atoms with Crippen molar-refractivity contribution in [2.24, 2.45) is 0 Å². The van der Waals surface area contributed by atoms with Crippen LogP contribution in [0.5, 0.6) is 0 Å². The van der Waals surface area contributed by atoms with E-state index in [0.29, 0.717) is 12.3 Å². The summed E-state index contributed by atoms with van der Waals surface area (Å²) in [5, 5.41) is 11.8. The van der Waals surface area contributed by atoms with Crippen molar-refractivity contribution in [2.45, 2.75) is 57.4 Å². The Balaban J connectivity index is 1.41. The van der Waals surface area contributed by atoms with Gasteiger partial charge in [-0.25, -0.2) is 0 Å². The fourth-order valence-corrected chi connectivity index (χ4v) is 4.08. The van der Waals surface area contributed by atoms with Gasteiger partial charge in [0.25, 0.3) is 0 Å². The van der Waals surface area contributed by atoms with Crippen LogP contribution in [-0.4, -0.2) is 44.4 Å². The molecule has 27 heavy (non-hydrogen) atoms. The van der Waals surface area contributed by atoms with Gasteiger partial charge in [-0.05, 0) is 50.9 Å². The third-order valence-corrected chi connectivity index (χ3v) is 5.75. The van der Waals surface area contributed by atoms with E-state index < -0.39 is 0 Å². The Morgan fingerprint density at radius 3 is 2.56 bits per heavy atom. The van der Waals surface area contributed by atoms with Crippen LogP contribution in [-0.2, 0) is 17.9 Å². The Bertz CT molecular complexity index is 722. The van der Waals surface area contributed by atoms with Crippen molar-refractivity contribution in [3.05, 3.63) is 41.7 Å². The second-order valence-corrected chi connectivity index (χ2v) is 8.28. The van der Waals surface area contributed by atoms with Gasteiger partial charge < -0.3 is 9.88 Å². The van der Waals surface area contributed by atoms with Crippen LogP contribution in [0.25, 0.3) is 0 Å². The number of hydrogen-bond acceptors (Lipinski definition) is 5. The number of thioether (sulfide) groups is 1. The Morgan fingerprint density at radius 1 is 1.15 bits per heavy atom. The molecule has 1 saturated heterocycles. The smallest absolute Gasteiger partial charge is 0.230 e. The maximum Gasteiger partial charge on any atom is 0.230 e. The summed E-state index contributed by atoms with van der Waals surface area (Å²) in [6, 6.07) is 8.87. The first-order chi connectivity index (χ1) is 13.1. The molecule has 0 radical (unpaired) electrons. The number of likely N-dealkylation sites (tertiary alicyclic amines) is 1. The monoisotopic (exact) mass is 387 g/mol. The zero-order valence-electron chi connectivity index (χ0n) is 16.2. The summed E-state index contributed by atoms with van der Waals surface area (Å²) in [5.41, 5.74) is 2.47. The van der Waals surface area contributed by atoms with E-state index >= 15 is 0 Å². The van der Waals surface area contributed by atoms with Gasteiger partial charge in [-0.3, -0.25) is 9.69 Å². The standard InChI is InChI=1S/C20H29N5OS/c1-16(2)25-15-22-23-20(25)27-14-19(26)21-12-17-6-8-18(9-7-17)13-24-10-4-3-5-11-24/h6-9,15-16H,3-5,10-14H2,1-2H3,(H,21,26). The largest absolute Gasteiger partial charge is 0.351 e. The van der Waals surface area contributed by atoms with E-state index in [1.165, 1.54) is 49.7 Å². The van der Waals surface area contributed by atoms with Crippen molar-refractivity contribution in [3.63, 3.8) is 0 Å². The molecule has 0 bridgehead atoms. The van der Waals surface area contributed by atoms with Crippen molar-refractivity contribution < 1.29 is 4.79 Å². The average molecular weight is 388 g/mol. The average Bonchev–Trinajstić information content (AvgIpc) is 3.16. The summed E-state index contributed by atoms with van der Waals surface area (Å²) in [4.78, 5) is 14.6. The lowest BCUT2D eigenvalue weighted by Crippen LogP contribution is -2.29. The van der Waals surface area contributed by atoms with Gasteiger partial charge in [0.1, 0.15) is 6.33 Å². The Morgan fingerprint density at radius 2 is 1.85 bits per heavy atom. The highest BCUT2D eigenvalue weighted by Gasteiger charge is 2.12. The summed E-state index contributed by atoms with van der Waals surface area (Å²) in [5.74, 6) is 0.356. The van der Waals surface area contributed by atoms with Crippen LogP contribution in [0.15, 0.2) is 35.7 Å². The van der Waals surface area contributed by atoms with Crippen LogP contribution in [0, 0.1) is 0 Å². The molecule has 0 spiro atoms. The van der Waals surface area contributed by atoms with Gasteiger partial charge in [0.15, 0.2) is 5.16 Å². The second-order valence-electron chi connectivity index (χ2n) is 7.33. The van der Waals surface area contributed by atoms with E-state index in [-0.39, 0.29) is 11.9 Å². The van der Waals surface area contributed by atoms with Gasteiger partial charge in [-0.1, -0.05) is 42.4 Å². The molecule has 0 saturated carbocycles. The molecule has 1 N–H and O–H groups in total. The summed E-state index contributed by atoms with van der Waals surface area (Å²) in [6.07, 6.45) is 5.70. The number of piperidine rings is 1. The van der Waals surface area contributed by atoms with Gasteiger partial charge in [-0.2, -0.15) is 0 Å². The molecule has 0 atom stereocenters. The Labute approximate surface area is 165 Å². The highest BCUT2D eigenvalue weighted by atomic mass is 32.2. The molecule has 2 aromatic rings. The van der Waals surface area contributed by atoms with Crippen LogP contribution in [0.2, 0.25) is 0 Å². The normalized spacial score (nSPS) is 15.2. The summed E-state index contributed by atoms with van der Waals surface area (Å²) in [6.45, 7) is 8.14. The van der Waals surface area contributed by atoms with Crippen molar-refractivity contribution in [1.29, 1.82) is 0 Å². The van der Waals surface area contributed by atoms with Gasteiger partial charge >= 0.3 is 0 Å². The highest BCUT2D eigenvalue weighted by Crippen LogP contribution is 2.18. The van der Waals surface area contributed by atoms with Crippen LogP contribution >= 0.6 is 11.8 Å². The molecule has 1 fully saturated rings. The lowest BCUT2D eigenvalue weighted by molar-refractivity contribution is -0.118. The second kappa shape index (κ2) is 9.90. The molecule has 0 unspecified atom stereocenters. The number of rotatable bonds is 8. The van der Waals surface area contributed by atoms with Gasteiger partial charge in [0.2, 0.25) is 5.91 Å². The Hall–Kier alpha value is -1.86. The van der Waals surface area contributed by atoms with Crippen molar-refractivity contribution in [1.82, 2.24) is 25.0 Å². The molecule has 1 aromatic carbocycles. The van der Waals surface area contributed by atoms with Crippen LogP contribution < -0.4 is 5.32 Å². The van der Waals surface area contributed by atoms with Crippen molar-refractivity contribution >= 4 is 17.7 Å². The number of amides is 1. The maximum absolute atomic E-state index is 12.1. The maximum atomic E-state index is 12.1. The molecule has 146 valence electrons. The predicted molar refractivity (Wildman–Crippen MR) is 109 cm³/mol. The fraction of sp³-hybridized carbons (Fsp3) is 0.550. The molecule has 0 aliphatic carbocycles. The minimum atomic E-state index is 0.00991. The third-order valence-electron chi connectivity index (χ3n) is 4.80. The summed E-state index contributed by atoms with van der Waals surface area (Å²) in [7, 11) is 0. The molecule has 1 amide bonds. The zero-order chi connectivity index (χ0) is 19.1. The third kappa shape index (κ3) is 6.07. The van der Waals surface area contributed by atoms with Crippen LogP contribution in [0.1, 0.15) is 50.3 Å².